The van der Waals surface area contributed by atoms with Crippen LogP contribution in [-0.2, 0) is 11.8 Å². The van der Waals surface area contributed by atoms with Crippen LogP contribution in [0.25, 0.3) is 0 Å². The standard InChI is InChI=1S/C16H17BrN4O3S/c1-7(2)24-16(23)13-8(3)10(6-18)15(25-13)19-14(22)12-11(17)9(4)21(5)20-12/h7H,1-5H3,(H,19,22). The van der Waals surface area contributed by atoms with Gasteiger partial charge in [-0.3, -0.25) is 9.48 Å². The van der Waals surface area contributed by atoms with Crippen molar-refractivity contribution >= 4 is 44.1 Å². The molecule has 0 aliphatic heterocycles. The predicted octanol–water partition coefficient (Wildman–Crippen LogP) is 3.55. The molecule has 0 saturated carbocycles. The highest BCUT2D eigenvalue weighted by molar-refractivity contribution is 9.10. The number of nitrogens with zero attached hydrogens (tertiary/aromatic N) is 3. The highest BCUT2D eigenvalue weighted by Crippen LogP contribution is 2.34. The second-order valence-electron chi connectivity index (χ2n) is 5.65. The molecule has 25 heavy (non-hydrogen) atoms. The average Bonchev–Trinajstić information content (AvgIpc) is 2.98. The molecular weight excluding hydrogens is 408 g/mol. The minimum Gasteiger partial charge on any atom is -0.459 e. The molecule has 0 radical (unpaired) electrons. The number of anilines is 1. The van der Waals surface area contributed by atoms with Gasteiger partial charge in [-0.25, -0.2) is 4.79 Å². The Bertz CT molecular complexity index is 892. The van der Waals surface area contributed by atoms with Crippen LogP contribution in [0, 0.1) is 25.2 Å². The third-order valence-corrected chi connectivity index (χ3v) is 5.63. The van der Waals surface area contributed by atoms with E-state index in [0.29, 0.717) is 19.9 Å². The molecule has 2 rings (SSSR count). The molecule has 2 aromatic rings. The fraction of sp³-hybridized carbons (Fsp3) is 0.375. The van der Waals surface area contributed by atoms with Crippen LogP contribution in [0.3, 0.4) is 0 Å². The van der Waals surface area contributed by atoms with Crippen LogP contribution in [-0.4, -0.2) is 27.8 Å². The van der Waals surface area contributed by atoms with Gasteiger partial charge < -0.3 is 10.1 Å². The second kappa shape index (κ2) is 7.37. The van der Waals surface area contributed by atoms with Crippen LogP contribution in [0.4, 0.5) is 5.00 Å². The summed E-state index contributed by atoms with van der Waals surface area (Å²) in [5, 5.41) is 16.5. The average molecular weight is 425 g/mol. The molecule has 0 saturated heterocycles. The predicted molar refractivity (Wildman–Crippen MR) is 97.9 cm³/mol. The molecule has 2 heterocycles. The maximum atomic E-state index is 12.5. The normalized spacial score (nSPS) is 10.6. The third kappa shape index (κ3) is 3.75. The van der Waals surface area contributed by atoms with E-state index in [2.05, 4.69) is 26.3 Å². The number of aryl methyl sites for hydroxylation is 1. The number of hydrogen-bond donors (Lipinski definition) is 1. The fourth-order valence-electron chi connectivity index (χ4n) is 2.09. The lowest BCUT2D eigenvalue weighted by molar-refractivity contribution is 0.0383. The monoisotopic (exact) mass is 424 g/mol. The van der Waals surface area contributed by atoms with Gasteiger partial charge in [0.25, 0.3) is 5.91 Å². The summed E-state index contributed by atoms with van der Waals surface area (Å²) in [6.45, 7) is 6.97. The van der Waals surface area contributed by atoms with E-state index < -0.39 is 11.9 Å². The van der Waals surface area contributed by atoms with E-state index in [9.17, 15) is 14.9 Å². The molecule has 0 unspecified atom stereocenters. The van der Waals surface area contributed by atoms with E-state index in [4.69, 9.17) is 4.74 Å². The van der Waals surface area contributed by atoms with Crippen LogP contribution in [0.15, 0.2) is 4.47 Å². The molecule has 132 valence electrons. The summed E-state index contributed by atoms with van der Waals surface area (Å²) in [4.78, 5) is 25.0. The zero-order chi connectivity index (χ0) is 18.9. The van der Waals surface area contributed by atoms with Gasteiger partial charge >= 0.3 is 5.97 Å². The zero-order valence-electron chi connectivity index (χ0n) is 14.4. The first kappa shape index (κ1) is 19.1. The number of halogens is 1. The van der Waals surface area contributed by atoms with Crippen molar-refractivity contribution in [2.75, 3.05) is 5.32 Å². The van der Waals surface area contributed by atoms with Crippen molar-refractivity contribution in [3.8, 4) is 6.07 Å². The summed E-state index contributed by atoms with van der Waals surface area (Å²) < 4.78 is 7.34. The fourth-order valence-corrected chi connectivity index (χ4v) is 3.64. The van der Waals surface area contributed by atoms with Crippen molar-refractivity contribution in [2.24, 2.45) is 7.05 Å². The number of thiophene rings is 1. The molecule has 0 fully saturated rings. The quantitative estimate of drug-likeness (QED) is 0.756. The molecule has 0 aliphatic rings. The lowest BCUT2D eigenvalue weighted by Crippen LogP contribution is -2.13. The Morgan fingerprint density at radius 2 is 2.04 bits per heavy atom. The largest absolute Gasteiger partial charge is 0.459 e. The van der Waals surface area contributed by atoms with E-state index in [1.54, 1.807) is 32.5 Å². The summed E-state index contributed by atoms with van der Waals surface area (Å²) in [5.74, 6) is -0.971. The molecule has 0 atom stereocenters. The minimum atomic E-state index is -0.510. The van der Waals surface area contributed by atoms with E-state index >= 15 is 0 Å². The molecule has 0 spiro atoms. The summed E-state index contributed by atoms with van der Waals surface area (Å²) in [6, 6.07) is 2.03. The van der Waals surface area contributed by atoms with Gasteiger partial charge in [0.1, 0.15) is 15.9 Å². The summed E-state index contributed by atoms with van der Waals surface area (Å²) in [5.41, 5.74) is 1.75. The minimum absolute atomic E-state index is 0.209. The zero-order valence-corrected chi connectivity index (χ0v) is 16.8. The smallest absolute Gasteiger partial charge is 0.348 e. The van der Waals surface area contributed by atoms with Gasteiger partial charge in [0.05, 0.1) is 21.8 Å². The lowest BCUT2D eigenvalue weighted by atomic mass is 10.1. The van der Waals surface area contributed by atoms with E-state index in [-0.39, 0.29) is 17.4 Å². The van der Waals surface area contributed by atoms with Gasteiger partial charge in [-0.1, -0.05) is 0 Å². The number of nitrogens with one attached hydrogen (secondary N) is 1. The highest BCUT2D eigenvalue weighted by atomic mass is 79.9. The number of ether oxygens (including phenoxy) is 1. The Hall–Kier alpha value is -2.18. The Labute approximate surface area is 157 Å². The maximum absolute atomic E-state index is 12.5. The van der Waals surface area contributed by atoms with Gasteiger partial charge in [0.15, 0.2) is 5.69 Å². The Kier molecular flexibility index (Phi) is 5.65. The van der Waals surface area contributed by atoms with Gasteiger partial charge in [-0.2, -0.15) is 10.4 Å². The van der Waals surface area contributed by atoms with Crippen molar-refractivity contribution in [3.63, 3.8) is 0 Å². The SMILES string of the molecule is Cc1c(C(=O)OC(C)C)sc(NC(=O)c2nn(C)c(C)c2Br)c1C#N. The number of aromatic nitrogens is 2. The number of carbonyl (C=O) groups is 2. The van der Waals surface area contributed by atoms with E-state index in [0.717, 1.165) is 17.0 Å². The molecule has 7 nitrogen and oxygen atoms in total. The molecular formula is C16H17BrN4O3S. The number of esters is 1. The van der Waals surface area contributed by atoms with Crippen molar-refractivity contribution in [1.82, 2.24) is 9.78 Å². The maximum Gasteiger partial charge on any atom is 0.348 e. The Morgan fingerprint density at radius 1 is 1.40 bits per heavy atom. The molecule has 0 aromatic carbocycles. The van der Waals surface area contributed by atoms with Gasteiger partial charge in [0.2, 0.25) is 0 Å². The van der Waals surface area contributed by atoms with Crippen LogP contribution < -0.4 is 5.32 Å². The molecule has 1 amide bonds. The first-order valence-electron chi connectivity index (χ1n) is 7.42. The first-order chi connectivity index (χ1) is 11.7. The molecule has 1 N–H and O–H groups in total. The molecule has 0 bridgehead atoms. The van der Waals surface area contributed by atoms with Crippen molar-refractivity contribution < 1.29 is 14.3 Å². The van der Waals surface area contributed by atoms with Crippen LogP contribution in [0.1, 0.15) is 50.8 Å². The Balaban J connectivity index is 2.36. The summed E-state index contributed by atoms with van der Waals surface area (Å²) >= 11 is 4.36. The van der Waals surface area contributed by atoms with Crippen molar-refractivity contribution in [3.05, 3.63) is 31.9 Å². The van der Waals surface area contributed by atoms with Gasteiger partial charge in [-0.15, -0.1) is 11.3 Å². The van der Waals surface area contributed by atoms with Crippen molar-refractivity contribution in [1.29, 1.82) is 5.26 Å². The lowest BCUT2D eigenvalue weighted by Gasteiger charge is -2.06. The van der Waals surface area contributed by atoms with E-state index in [1.807, 2.05) is 13.0 Å². The summed E-state index contributed by atoms with van der Waals surface area (Å²) in [7, 11) is 1.73. The number of hydrogen-bond acceptors (Lipinski definition) is 6. The number of rotatable bonds is 4. The van der Waals surface area contributed by atoms with Crippen LogP contribution in [0.2, 0.25) is 0 Å². The number of carbonyl (C=O) groups excluding carboxylic acids is 2. The Morgan fingerprint density at radius 3 is 2.52 bits per heavy atom. The van der Waals surface area contributed by atoms with Crippen LogP contribution in [0.5, 0.6) is 0 Å². The van der Waals surface area contributed by atoms with Crippen LogP contribution >= 0.6 is 27.3 Å². The number of amides is 1. The van der Waals surface area contributed by atoms with Gasteiger partial charge in [0, 0.05) is 7.05 Å². The van der Waals surface area contributed by atoms with Crippen molar-refractivity contribution in [2.45, 2.75) is 33.8 Å². The number of nitriles is 1. The van der Waals surface area contributed by atoms with E-state index in [1.165, 1.54) is 0 Å². The highest BCUT2D eigenvalue weighted by Gasteiger charge is 2.25. The molecule has 2 aromatic heterocycles. The molecule has 9 heteroatoms. The second-order valence-corrected chi connectivity index (χ2v) is 7.47. The van der Waals surface area contributed by atoms with Gasteiger partial charge in [-0.05, 0) is 49.2 Å². The first-order valence-corrected chi connectivity index (χ1v) is 9.03. The third-order valence-electron chi connectivity index (χ3n) is 3.49. The topological polar surface area (TPSA) is 97.0 Å². The molecule has 0 aliphatic carbocycles. The summed E-state index contributed by atoms with van der Waals surface area (Å²) in [6.07, 6.45) is -0.273.